The van der Waals surface area contributed by atoms with Gasteiger partial charge in [-0.2, -0.15) is 0 Å². The molecule has 0 radical (unpaired) electrons. The van der Waals surface area contributed by atoms with Gasteiger partial charge in [-0.25, -0.2) is 0 Å². The molecule has 0 saturated carbocycles. The number of hydrogen-bond acceptors (Lipinski definition) is 4. The Bertz CT molecular complexity index is 654. The van der Waals surface area contributed by atoms with Crippen LogP contribution in [0.15, 0.2) is 36.4 Å². The Morgan fingerprint density at radius 3 is 2.71 bits per heavy atom. The molecule has 1 aliphatic rings. The van der Waals surface area contributed by atoms with Crippen molar-refractivity contribution < 1.29 is 14.6 Å². The number of fused-ring (bicyclic) bond motifs is 1. The molecule has 2 N–H and O–H groups in total. The Balaban J connectivity index is 1.70. The molecule has 4 nitrogen and oxygen atoms in total. The van der Waals surface area contributed by atoms with Crippen molar-refractivity contribution in [2.45, 2.75) is 26.4 Å². The zero-order chi connectivity index (χ0) is 14.8. The first kappa shape index (κ1) is 13.8. The summed E-state index contributed by atoms with van der Waals surface area (Å²) >= 11 is 0. The summed E-state index contributed by atoms with van der Waals surface area (Å²) in [6.07, 6.45) is 0. The lowest BCUT2D eigenvalue weighted by Gasteiger charge is -2.15. The fourth-order valence-electron chi connectivity index (χ4n) is 2.44. The van der Waals surface area contributed by atoms with Crippen LogP contribution >= 0.6 is 0 Å². The quantitative estimate of drug-likeness (QED) is 0.905. The van der Waals surface area contributed by atoms with Crippen molar-refractivity contribution in [2.24, 2.45) is 0 Å². The molecule has 21 heavy (non-hydrogen) atoms. The molecule has 0 spiro atoms. The van der Waals surface area contributed by atoms with Gasteiger partial charge in [-0.05, 0) is 25.5 Å². The zero-order valence-corrected chi connectivity index (χ0v) is 12.2. The summed E-state index contributed by atoms with van der Waals surface area (Å²) in [6.45, 7) is 4.97. The highest BCUT2D eigenvalue weighted by molar-refractivity contribution is 5.51. The van der Waals surface area contributed by atoms with Gasteiger partial charge in [0, 0.05) is 24.2 Å². The Hall–Kier alpha value is -2.20. The Kier molecular flexibility index (Phi) is 3.71. The van der Waals surface area contributed by atoms with Gasteiger partial charge in [-0.1, -0.05) is 29.8 Å². The lowest BCUT2D eigenvalue weighted by Crippen LogP contribution is -2.18. The highest BCUT2D eigenvalue weighted by Gasteiger charge is 2.17. The minimum absolute atomic E-state index is 0.203. The van der Waals surface area contributed by atoms with Crippen LogP contribution in [0.3, 0.4) is 0 Å². The molecule has 0 saturated heterocycles. The van der Waals surface area contributed by atoms with E-state index in [1.54, 1.807) is 6.07 Å². The highest BCUT2D eigenvalue weighted by atomic mass is 16.7. The van der Waals surface area contributed by atoms with E-state index in [1.165, 1.54) is 11.1 Å². The Labute approximate surface area is 124 Å². The molecule has 0 aliphatic carbocycles. The molecule has 0 amide bonds. The summed E-state index contributed by atoms with van der Waals surface area (Å²) in [5, 5.41) is 13.4. The monoisotopic (exact) mass is 285 g/mol. The van der Waals surface area contributed by atoms with Gasteiger partial charge < -0.3 is 19.9 Å². The molecule has 110 valence electrons. The van der Waals surface area contributed by atoms with Crippen molar-refractivity contribution in [3.63, 3.8) is 0 Å². The van der Waals surface area contributed by atoms with Crippen molar-refractivity contribution in [1.29, 1.82) is 0 Å². The molecule has 0 aromatic heterocycles. The molecule has 4 heteroatoms. The Morgan fingerprint density at radius 2 is 1.95 bits per heavy atom. The van der Waals surface area contributed by atoms with Gasteiger partial charge in [0.05, 0.1) is 0 Å². The van der Waals surface area contributed by atoms with Gasteiger partial charge in [0.15, 0.2) is 11.5 Å². The predicted molar refractivity (Wildman–Crippen MR) is 80.7 cm³/mol. The van der Waals surface area contributed by atoms with Gasteiger partial charge >= 0.3 is 0 Å². The van der Waals surface area contributed by atoms with Crippen molar-refractivity contribution in [2.75, 3.05) is 6.79 Å². The molecular formula is C17H19NO3. The number of benzene rings is 2. The molecule has 1 heterocycles. The number of phenolic OH excluding ortho intramolecular Hbond substituents is 1. The smallest absolute Gasteiger partial charge is 0.231 e. The van der Waals surface area contributed by atoms with Crippen LogP contribution in [0.4, 0.5) is 0 Å². The van der Waals surface area contributed by atoms with E-state index < -0.39 is 0 Å². The van der Waals surface area contributed by atoms with E-state index >= 15 is 0 Å². The molecule has 3 rings (SSSR count). The van der Waals surface area contributed by atoms with Crippen LogP contribution in [-0.4, -0.2) is 11.9 Å². The first-order valence-corrected chi connectivity index (χ1v) is 7.05. The summed E-state index contributed by atoms with van der Waals surface area (Å²) in [5.74, 6) is 1.51. The minimum atomic E-state index is 0.203. The molecule has 0 unspecified atom stereocenters. The topological polar surface area (TPSA) is 50.7 Å². The van der Waals surface area contributed by atoms with Crippen molar-refractivity contribution in [3.8, 4) is 17.2 Å². The Morgan fingerprint density at radius 1 is 1.19 bits per heavy atom. The van der Waals surface area contributed by atoms with Crippen LogP contribution < -0.4 is 14.8 Å². The maximum atomic E-state index is 10.0. The second kappa shape index (κ2) is 5.66. The van der Waals surface area contributed by atoms with Crippen molar-refractivity contribution in [3.05, 3.63) is 53.1 Å². The largest absolute Gasteiger partial charge is 0.507 e. The maximum Gasteiger partial charge on any atom is 0.231 e. The summed E-state index contributed by atoms with van der Waals surface area (Å²) in [7, 11) is 0. The highest BCUT2D eigenvalue weighted by Crippen LogP contribution is 2.37. The van der Waals surface area contributed by atoms with Gasteiger partial charge in [0.25, 0.3) is 0 Å². The number of hydrogen-bond donors (Lipinski definition) is 2. The first-order chi connectivity index (χ1) is 10.1. The zero-order valence-electron chi connectivity index (χ0n) is 12.2. The third kappa shape index (κ3) is 2.95. The molecule has 2 aromatic carbocycles. The van der Waals surface area contributed by atoms with Crippen LogP contribution in [0, 0.1) is 6.92 Å². The van der Waals surface area contributed by atoms with Gasteiger partial charge in [-0.3, -0.25) is 0 Å². The lowest BCUT2D eigenvalue weighted by molar-refractivity contribution is 0.174. The number of rotatable bonds is 4. The van der Waals surface area contributed by atoms with Crippen LogP contribution in [0.1, 0.15) is 29.7 Å². The van der Waals surface area contributed by atoms with E-state index in [4.69, 9.17) is 9.47 Å². The van der Waals surface area contributed by atoms with Crippen LogP contribution in [0.25, 0.3) is 0 Å². The second-order valence-electron chi connectivity index (χ2n) is 5.35. The van der Waals surface area contributed by atoms with E-state index in [1.807, 2.05) is 6.07 Å². The second-order valence-corrected chi connectivity index (χ2v) is 5.35. The van der Waals surface area contributed by atoms with Crippen molar-refractivity contribution >= 4 is 0 Å². The number of nitrogens with one attached hydrogen (secondary N) is 1. The third-order valence-electron chi connectivity index (χ3n) is 3.71. The molecule has 0 fully saturated rings. The fourth-order valence-corrected chi connectivity index (χ4v) is 2.44. The van der Waals surface area contributed by atoms with Gasteiger partial charge in [0.1, 0.15) is 5.75 Å². The molecule has 2 aromatic rings. The molecule has 0 bridgehead atoms. The van der Waals surface area contributed by atoms with E-state index in [0.29, 0.717) is 18.0 Å². The van der Waals surface area contributed by atoms with Gasteiger partial charge in [-0.15, -0.1) is 0 Å². The normalized spacial score (nSPS) is 14.2. The summed E-state index contributed by atoms with van der Waals surface area (Å²) in [5.41, 5.74) is 3.28. The SMILES string of the molecule is Cc1cccc([C@@H](C)NCc2cc3c(cc2O)OCO3)c1. The fraction of sp³-hybridized carbons (Fsp3) is 0.294. The van der Waals surface area contributed by atoms with E-state index in [0.717, 1.165) is 5.56 Å². The van der Waals surface area contributed by atoms with E-state index in [9.17, 15) is 5.11 Å². The van der Waals surface area contributed by atoms with Crippen LogP contribution in [0.2, 0.25) is 0 Å². The number of aromatic hydroxyl groups is 1. The number of phenols is 1. The molecular weight excluding hydrogens is 266 g/mol. The summed E-state index contributed by atoms with van der Waals surface area (Å²) in [6, 6.07) is 12.0. The standard InChI is InChI=1S/C17H19NO3/c1-11-4-3-5-13(6-11)12(2)18-9-14-7-16-17(8-15(14)19)21-10-20-16/h3-8,12,18-19H,9-10H2,1-2H3/t12-/m1/s1. The summed E-state index contributed by atoms with van der Waals surface area (Å²) < 4.78 is 10.6. The lowest BCUT2D eigenvalue weighted by atomic mass is 10.1. The number of aryl methyl sites for hydroxylation is 1. The summed E-state index contributed by atoms with van der Waals surface area (Å²) in [4.78, 5) is 0. The third-order valence-corrected chi connectivity index (χ3v) is 3.71. The first-order valence-electron chi connectivity index (χ1n) is 7.05. The molecule has 1 aliphatic heterocycles. The predicted octanol–water partition coefficient (Wildman–Crippen LogP) is 3.28. The minimum Gasteiger partial charge on any atom is -0.507 e. The molecule has 1 atom stereocenters. The maximum absolute atomic E-state index is 10.0. The number of ether oxygens (including phenoxy) is 2. The van der Waals surface area contributed by atoms with Crippen LogP contribution in [0.5, 0.6) is 17.2 Å². The van der Waals surface area contributed by atoms with Gasteiger partial charge in [0.2, 0.25) is 6.79 Å². The van der Waals surface area contributed by atoms with Crippen molar-refractivity contribution in [1.82, 2.24) is 5.32 Å². The average molecular weight is 285 g/mol. The van der Waals surface area contributed by atoms with E-state index in [-0.39, 0.29) is 18.6 Å². The van der Waals surface area contributed by atoms with Crippen LogP contribution in [-0.2, 0) is 6.54 Å². The average Bonchev–Trinajstić information content (AvgIpc) is 2.91. The van der Waals surface area contributed by atoms with E-state index in [2.05, 4.69) is 43.4 Å².